The fourth-order valence-corrected chi connectivity index (χ4v) is 4.38. The second-order valence-electron chi connectivity index (χ2n) is 8.05. The Balaban J connectivity index is 1.91. The number of methoxy groups -OCH3 is 1. The molecule has 1 aliphatic carbocycles. The minimum atomic E-state index is -3.54. The maximum absolute atomic E-state index is 12.3. The van der Waals surface area contributed by atoms with Gasteiger partial charge in [-0.15, -0.1) is 0 Å². The van der Waals surface area contributed by atoms with Crippen LogP contribution < -0.4 is 15.4 Å². The van der Waals surface area contributed by atoms with Crippen molar-refractivity contribution in [3.63, 3.8) is 0 Å². The van der Waals surface area contributed by atoms with Crippen molar-refractivity contribution in [1.82, 2.24) is 15.4 Å². The molecule has 0 aromatic heterocycles. The number of ether oxygens (including phenoxy) is 1. The molecule has 0 unspecified atom stereocenters. The molecule has 1 fully saturated rings. The molecule has 1 aliphatic rings. The van der Waals surface area contributed by atoms with Crippen LogP contribution >= 0.6 is 0 Å². The van der Waals surface area contributed by atoms with E-state index >= 15 is 0 Å². The lowest BCUT2D eigenvalue weighted by Crippen LogP contribution is -2.45. The average molecular weight is 411 g/mol. The van der Waals surface area contributed by atoms with E-state index in [4.69, 9.17) is 4.74 Å². The highest BCUT2D eigenvalue weighted by atomic mass is 32.2. The quantitative estimate of drug-likeness (QED) is 0.347. The molecule has 0 spiro atoms. The van der Waals surface area contributed by atoms with Gasteiger partial charge in [-0.25, -0.2) is 13.1 Å². The molecule has 158 valence electrons. The number of hydrogen-bond acceptors (Lipinski definition) is 4. The summed E-state index contributed by atoms with van der Waals surface area (Å²) in [7, 11) is -0.246. The number of rotatable bonds is 8. The van der Waals surface area contributed by atoms with Crippen LogP contribution in [0.1, 0.15) is 45.1 Å². The van der Waals surface area contributed by atoms with Gasteiger partial charge in [0.15, 0.2) is 5.96 Å². The lowest BCUT2D eigenvalue weighted by atomic mass is 9.75. The highest BCUT2D eigenvalue weighted by Gasteiger charge is 2.27. The van der Waals surface area contributed by atoms with Gasteiger partial charge in [-0.2, -0.15) is 0 Å². The van der Waals surface area contributed by atoms with Crippen LogP contribution in [0.2, 0.25) is 0 Å². The molecule has 0 radical (unpaired) electrons. The van der Waals surface area contributed by atoms with E-state index in [9.17, 15) is 8.42 Å². The zero-order valence-electron chi connectivity index (χ0n) is 17.4. The Morgan fingerprint density at radius 1 is 1.29 bits per heavy atom. The molecule has 0 aliphatic heterocycles. The van der Waals surface area contributed by atoms with Crippen molar-refractivity contribution >= 4 is 16.0 Å². The minimum absolute atomic E-state index is 0.246. The van der Waals surface area contributed by atoms with Gasteiger partial charge in [0.2, 0.25) is 10.0 Å². The maximum atomic E-state index is 12.3. The summed E-state index contributed by atoms with van der Waals surface area (Å²) in [4.78, 5) is 4.55. The van der Waals surface area contributed by atoms with Crippen LogP contribution in [0.4, 0.5) is 0 Å². The van der Waals surface area contributed by atoms with Crippen LogP contribution in [0.3, 0.4) is 0 Å². The highest BCUT2D eigenvalue weighted by molar-refractivity contribution is 7.89. The third-order valence-corrected chi connectivity index (χ3v) is 6.63. The Kier molecular flexibility index (Phi) is 8.27. The SMILES string of the molecule is CN=C(NCc1cccc(S(=O)(=O)NCCOC)c1)NC1CCC(C)(C)CC1. The summed E-state index contributed by atoms with van der Waals surface area (Å²) in [5, 5.41) is 6.78. The number of guanidine groups is 1. The van der Waals surface area contributed by atoms with Crippen LogP contribution in [0, 0.1) is 5.41 Å². The number of nitrogens with zero attached hydrogens (tertiary/aromatic N) is 1. The zero-order valence-corrected chi connectivity index (χ0v) is 18.2. The van der Waals surface area contributed by atoms with Crippen molar-refractivity contribution in [3.8, 4) is 0 Å². The molecule has 0 bridgehead atoms. The van der Waals surface area contributed by atoms with Crippen molar-refractivity contribution in [2.45, 2.75) is 57.0 Å². The first-order valence-corrected chi connectivity index (χ1v) is 11.3. The first-order chi connectivity index (χ1) is 13.3. The van der Waals surface area contributed by atoms with Gasteiger partial charge in [-0.1, -0.05) is 26.0 Å². The topological polar surface area (TPSA) is 91.8 Å². The molecule has 7 nitrogen and oxygen atoms in total. The summed E-state index contributed by atoms with van der Waals surface area (Å²) in [6.45, 7) is 5.72. The lowest BCUT2D eigenvalue weighted by Gasteiger charge is -2.35. The van der Waals surface area contributed by atoms with E-state index in [1.807, 2.05) is 6.07 Å². The molecule has 0 atom stereocenters. The van der Waals surface area contributed by atoms with E-state index in [0.717, 1.165) is 24.4 Å². The second kappa shape index (κ2) is 10.2. The van der Waals surface area contributed by atoms with Gasteiger partial charge in [0, 0.05) is 33.3 Å². The monoisotopic (exact) mass is 410 g/mol. The molecule has 0 saturated heterocycles. The first kappa shape index (κ1) is 22.6. The molecule has 8 heteroatoms. The van der Waals surface area contributed by atoms with E-state index < -0.39 is 10.0 Å². The summed E-state index contributed by atoms with van der Waals surface area (Å²) in [5.41, 5.74) is 1.31. The summed E-state index contributed by atoms with van der Waals surface area (Å²) < 4.78 is 32.1. The van der Waals surface area contributed by atoms with Crippen LogP contribution in [0.15, 0.2) is 34.2 Å². The first-order valence-electron chi connectivity index (χ1n) is 9.80. The van der Waals surface area contributed by atoms with Crippen LogP contribution in [-0.2, 0) is 21.3 Å². The molecular weight excluding hydrogens is 376 g/mol. The average Bonchev–Trinajstić information content (AvgIpc) is 2.67. The predicted octanol–water partition coefficient (Wildman–Crippen LogP) is 2.25. The molecule has 1 aromatic carbocycles. The lowest BCUT2D eigenvalue weighted by molar-refractivity contribution is 0.204. The van der Waals surface area contributed by atoms with E-state index in [0.29, 0.717) is 24.6 Å². The predicted molar refractivity (Wildman–Crippen MR) is 113 cm³/mol. The Morgan fingerprint density at radius 3 is 2.64 bits per heavy atom. The highest BCUT2D eigenvalue weighted by Crippen LogP contribution is 2.34. The van der Waals surface area contributed by atoms with Crippen molar-refractivity contribution < 1.29 is 13.2 Å². The van der Waals surface area contributed by atoms with Gasteiger partial charge in [-0.05, 0) is 48.8 Å². The number of sulfonamides is 1. The molecule has 1 saturated carbocycles. The van der Waals surface area contributed by atoms with Gasteiger partial charge >= 0.3 is 0 Å². The third-order valence-electron chi connectivity index (χ3n) is 5.17. The van der Waals surface area contributed by atoms with Gasteiger partial charge in [0.05, 0.1) is 11.5 Å². The minimum Gasteiger partial charge on any atom is -0.383 e. The molecular formula is C20H34N4O3S. The van der Waals surface area contributed by atoms with Crippen LogP contribution in [-0.4, -0.2) is 47.7 Å². The van der Waals surface area contributed by atoms with Gasteiger partial charge < -0.3 is 15.4 Å². The summed E-state index contributed by atoms with van der Waals surface area (Å²) in [6.07, 6.45) is 4.68. The van der Waals surface area contributed by atoms with Crippen molar-refractivity contribution in [3.05, 3.63) is 29.8 Å². The zero-order chi connectivity index (χ0) is 20.6. The standard InChI is InChI=1S/C20H34N4O3S/c1-20(2)10-8-17(9-11-20)24-19(21-3)22-15-16-6-5-7-18(14-16)28(25,26)23-12-13-27-4/h5-7,14,17,23H,8-13,15H2,1-4H3,(H2,21,22,24). The number of nitrogens with one attached hydrogen (secondary N) is 3. The van der Waals surface area contributed by atoms with E-state index in [1.54, 1.807) is 25.2 Å². The smallest absolute Gasteiger partial charge is 0.240 e. The van der Waals surface area contributed by atoms with E-state index in [2.05, 4.69) is 34.2 Å². The third kappa shape index (κ3) is 7.07. The van der Waals surface area contributed by atoms with Gasteiger partial charge in [-0.3, -0.25) is 4.99 Å². The Labute approximate surface area is 169 Å². The van der Waals surface area contributed by atoms with Gasteiger partial charge in [0.1, 0.15) is 0 Å². The molecule has 28 heavy (non-hydrogen) atoms. The summed E-state index contributed by atoms with van der Waals surface area (Å²) in [6, 6.07) is 7.35. The van der Waals surface area contributed by atoms with Crippen molar-refractivity contribution in [1.29, 1.82) is 0 Å². The Morgan fingerprint density at radius 2 is 2.00 bits per heavy atom. The van der Waals surface area contributed by atoms with E-state index in [-0.39, 0.29) is 11.4 Å². The number of aliphatic imine (C=N–C) groups is 1. The summed E-state index contributed by atoms with van der Waals surface area (Å²) >= 11 is 0. The summed E-state index contributed by atoms with van der Waals surface area (Å²) in [5.74, 6) is 0.746. The maximum Gasteiger partial charge on any atom is 0.240 e. The van der Waals surface area contributed by atoms with Crippen molar-refractivity contribution in [2.24, 2.45) is 10.4 Å². The Hall–Kier alpha value is -1.64. The molecule has 1 aromatic rings. The molecule has 3 N–H and O–H groups in total. The van der Waals surface area contributed by atoms with Crippen LogP contribution in [0.5, 0.6) is 0 Å². The number of hydrogen-bond donors (Lipinski definition) is 3. The van der Waals surface area contributed by atoms with Crippen LogP contribution in [0.25, 0.3) is 0 Å². The Bertz CT molecular complexity index is 752. The molecule has 0 heterocycles. The van der Waals surface area contributed by atoms with Crippen molar-refractivity contribution in [2.75, 3.05) is 27.3 Å². The van der Waals surface area contributed by atoms with E-state index in [1.165, 1.54) is 20.0 Å². The fourth-order valence-electron chi connectivity index (χ4n) is 3.30. The van der Waals surface area contributed by atoms with Gasteiger partial charge in [0.25, 0.3) is 0 Å². The normalized spacial score (nSPS) is 18.1. The number of benzene rings is 1. The molecule has 2 rings (SSSR count). The fraction of sp³-hybridized carbons (Fsp3) is 0.650. The second-order valence-corrected chi connectivity index (χ2v) is 9.81. The molecule has 0 amide bonds. The largest absolute Gasteiger partial charge is 0.383 e.